The van der Waals surface area contributed by atoms with Gasteiger partial charge in [0.15, 0.2) is 0 Å². The summed E-state index contributed by atoms with van der Waals surface area (Å²) in [4.78, 5) is 37.3. The van der Waals surface area contributed by atoms with Crippen molar-refractivity contribution in [2.45, 2.75) is 77.2 Å². The number of amides is 1. The molecule has 0 spiro atoms. The molecule has 1 amide bonds. The Hall–Kier alpha value is -1.83. The van der Waals surface area contributed by atoms with Crippen molar-refractivity contribution in [1.29, 1.82) is 0 Å². The highest BCUT2D eigenvalue weighted by molar-refractivity contribution is 5.82. The van der Waals surface area contributed by atoms with Crippen molar-refractivity contribution in [3.05, 3.63) is 0 Å². The van der Waals surface area contributed by atoms with Crippen LogP contribution in [0.3, 0.4) is 0 Å². The first kappa shape index (κ1) is 21.2. The average Bonchev–Trinajstić information content (AvgIpc) is 2.88. The van der Waals surface area contributed by atoms with Crippen LogP contribution in [0.2, 0.25) is 0 Å². The predicted molar refractivity (Wildman–Crippen MR) is 88.8 cm³/mol. The molecule has 2 unspecified atom stereocenters. The topological polar surface area (TPSA) is 102 Å². The minimum Gasteiger partial charge on any atom is -0.467 e. The Labute approximate surface area is 148 Å². The third-order valence-corrected chi connectivity index (χ3v) is 3.83. The lowest BCUT2D eigenvalue weighted by atomic mass is 10.0. The van der Waals surface area contributed by atoms with E-state index in [-0.39, 0.29) is 19.4 Å². The number of nitrogens with zero attached hydrogens (tertiary/aromatic N) is 1. The zero-order valence-corrected chi connectivity index (χ0v) is 15.6. The van der Waals surface area contributed by atoms with Crippen LogP contribution in [0.4, 0.5) is 4.79 Å². The molecule has 1 saturated heterocycles. The summed E-state index contributed by atoms with van der Waals surface area (Å²) < 4.78 is 15.0. The second-order valence-corrected chi connectivity index (χ2v) is 7.06. The normalized spacial score (nSPS) is 21.6. The van der Waals surface area contributed by atoms with Gasteiger partial charge in [0.1, 0.15) is 11.6 Å². The fourth-order valence-electron chi connectivity index (χ4n) is 2.88. The Kier molecular flexibility index (Phi) is 7.66. The molecule has 0 aromatic rings. The third kappa shape index (κ3) is 6.53. The van der Waals surface area contributed by atoms with E-state index in [1.165, 1.54) is 12.0 Å². The van der Waals surface area contributed by atoms with Gasteiger partial charge in [-0.2, -0.15) is 0 Å². The van der Waals surface area contributed by atoms with E-state index in [1.54, 1.807) is 27.7 Å². The van der Waals surface area contributed by atoms with E-state index in [0.717, 1.165) is 0 Å². The molecule has 0 aliphatic carbocycles. The Morgan fingerprint density at radius 3 is 2.40 bits per heavy atom. The molecule has 25 heavy (non-hydrogen) atoms. The van der Waals surface area contributed by atoms with Gasteiger partial charge in [-0.25, -0.2) is 9.59 Å². The SMILES string of the molecule is CCOC(=O)CC(O)CC1CC[C@H](C(=O)OC)N1C(=O)OC(C)(C)C. The fourth-order valence-corrected chi connectivity index (χ4v) is 2.88. The van der Waals surface area contributed by atoms with Gasteiger partial charge in [0.2, 0.25) is 0 Å². The summed E-state index contributed by atoms with van der Waals surface area (Å²) in [7, 11) is 1.26. The number of aliphatic hydroxyl groups excluding tert-OH is 1. The minimum absolute atomic E-state index is 0.157. The summed E-state index contributed by atoms with van der Waals surface area (Å²) in [6, 6.07) is -1.16. The minimum atomic E-state index is -0.967. The molecule has 0 radical (unpaired) electrons. The lowest BCUT2D eigenvalue weighted by Crippen LogP contribution is -2.48. The highest BCUT2D eigenvalue weighted by atomic mass is 16.6. The van der Waals surface area contributed by atoms with Crippen LogP contribution in [-0.2, 0) is 23.8 Å². The van der Waals surface area contributed by atoms with Crippen molar-refractivity contribution in [3.63, 3.8) is 0 Å². The van der Waals surface area contributed by atoms with Crippen molar-refractivity contribution in [2.24, 2.45) is 0 Å². The smallest absolute Gasteiger partial charge is 0.411 e. The Balaban J connectivity index is 2.83. The second kappa shape index (κ2) is 9.03. The van der Waals surface area contributed by atoms with Gasteiger partial charge in [-0.05, 0) is 47.0 Å². The quantitative estimate of drug-likeness (QED) is 0.568. The maximum absolute atomic E-state index is 12.5. The molecular formula is C17H29NO7. The summed E-state index contributed by atoms with van der Waals surface area (Å²) in [5.41, 5.74) is -0.714. The molecule has 1 rings (SSSR count). The van der Waals surface area contributed by atoms with Crippen LogP contribution in [-0.4, -0.2) is 65.5 Å². The number of ether oxygens (including phenoxy) is 3. The molecular weight excluding hydrogens is 330 g/mol. The van der Waals surface area contributed by atoms with E-state index in [0.29, 0.717) is 12.8 Å². The summed E-state index contributed by atoms with van der Waals surface area (Å²) >= 11 is 0. The van der Waals surface area contributed by atoms with Crippen LogP contribution < -0.4 is 0 Å². The molecule has 1 fully saturated rings. The number of rotatable bonds is 6. The molecule has 1 aliphatic rings. The molecule has 8 nitrogen and oxygen atoms in total. The van der Waals surface area contributed by atoms with Gasteiger partial charge in [-0.15, -0.1) is 0 Å². The molecule has 8 heteroatoms. The van der Waals surface area contributed by atoms with Gasteiger partial charge in [-0.1, -0.05) is 0 Å². The van der Waals surface area contributed by atoms with Crippen molar-refractivity contribution in [2.75, 3.05) is 13.7 Å². The largest absolute Gasteiger partial charge is 0.467 e. The van der Waals surface area contributed by atoms with Gasteiger partial charge in [0.05, 0.1) is 26.2 Å². The van der Waals surface area contributed by atoms with Gasteiger partial charge < -0.3 is 19.3 Å². The number of esters is 2. The predicted octanol–water partition coefficient (Wildman–Crippen LogP) is 1.63. The van der Waals surface area contributed by atoms with E-state index in [1.807, 2.05) is 0 Å². The third-order valence-electron chi connectivity index (χ3n) is 3.83. The Bertz CT molecular complexity index is 486. The maximum atomic E-state index is 12.5. The van der Waals surface area contributed by atoms with E-state index in [9.17, 15) is 19.5 Å². The van der Waals surface area contributed by atoms with Crippen molar-refractivity contribution >= 4 is 18.0 Å². The molecule has 0 saturated carbocycles. The van der Waals surface area contributed by atoms with Crippen molar-refractivity contribution in [1.82, 2.24) is 4.90 Å². The lowest BCUT2D eigenvalue weighted by Gasteiger charge is -2.32. The van der Waals surface area contributed by atoms with Crippen LogP contribution in [0.25, 0.3) is 0 Å². The van der Waals surface area contributed by atoms with Crippen LogP contribution in [0.1, 0.15) is 53.4 Å². The van der Waals surface area contributed by atoms with E-state index in [4.69, 9.17) is 14.2 Å². The number of methoxy groups -OCH3 is 1. The molecule has 144 valence electrons. The summed E-state index contributed by atoms with van der Waals surface area (Å²) in [5, 5.41) is 10.1. The molecule has 3 atom stereocenters. The monoisotopic (exact) mass is 359 g/mol. The van der Waals surface area contributed by atoms with E-state index >= 15 is 0 Å². The zero-order chi connectivity index (χ0) is 19.2. The van der Waals surface area contributed by atoms with Gasteiger partial charge in [0, 0.05) is 6.04 Å². The van der Waals surface area contributed by atoms with Crippen LogP contribution in [0, 0.1) is 0 Å². The maximum Gasteiger partial charge on any atom is 0.411 e. The van der Waals surface area contributed by atoms with Crippen LogP contribution in [0.5, 0.6) is 0 Å². The summed E-state index contributed by atoms with van der Waals surface area (Å²) in [5.74, 6) is -1.02. The second-order valence-electron chi connectivity index (χ2n) is 7.06. The van der Waals surface area contributed by atoms with Crippen LogP contribution >= 0.6 is 0 Å². The van der Waals surface area contributed by atoms with Gasteiger partial charge in [-0.3, -0.25) is 9.69 Å². The molecule has 1 aliphatic heterocycles. The zero-order valence-electron chi connectivity index (χ0n) is 15.6. The summed E-state index contributed by atoms with van der Waals surface area (Å²) in [6.07, 6.45) is -0.665. The first-order valence-corrected chi connectivity index (χ1v) is 8.51. The molecule has 0 aromatic heterocycles. The summed E-state index contributed by atoms with van der Waals surface area (Å²) in [6.45, 7) is 7.13. The molecule has 0 aromatic carbocycles. The van der Waals surface area contributed by atoms with E-state index < -0.39 is 41.8 Å². The van der Waals surface area contributed by atoms with Crippen LogP contribution in [0.15, 0.2) is 0 Å². The first-order chi connectivity index (χ1) is 11.6. The average molecular weight is 359 g/mol. The van der Waals surface area contributed by atoms with E-state index in [2.05, 4.69) is 0 Å². The van der Waals surface area contributed by atoms with Crippen molar-refractivity contribution in [3.8, 4) is 0 Å². The standard InChI is InChI=1S/C17H29NO7/c1-6-24-14(20)10-12(19)9-11-7-8-13(15(21)23-5)18(11)16(22)25-17(2,3)4/h11-13,19H,6-10H2,1-5H3/t11?,12?,13-/m1/s1. The number of hydrogen-bond donors (Lipinski definition) is 1. The number of carbonyl (C=O) groups excluding carboxylic acids is 3. The van der Waals surface area contributed by atoms with Crippen molar-refractivity contribution < 1.29 is 33.7 Å². The molecule has 1 heterocycles. The Morgan fingerprint density at radius 2 is 1.88 bits per heavy atom. The molecule has 0 bridgehead atoms. The van der Waals surface area contributed by atoms with Gasteiger partial charge in [0.25, 0.3) is 0 Å². The lowest BCUT2D eigenvalue weighted by molar-refractivity contribution is -0.147. The number of carbonyl (C=O) groups is 3. The highest BCUT2D eigenvalue weighted by Crippen LogP contribution is 2.30. The fraction of sp³-hybridized carbons (Fsp3) is 0.824. The number of hydrogen-bond acceptors (Lipinski definition) is 7. The number of likely N-dealkylation sites (tertiary alicyclic amines) is 1. The number of aliphatic hydroxyl groups is 1. The highest BCUT2D eigenvalue weighted by Gasteiger charge is 2.44. The first-order valence-electron chi connectivity index (χ1n) is 8.51. The Morgan fingerprint density at radius 1 is 1.24 bits per heavy atom. The molecule has 1 N–H and O–H groups in total. The van der Waals surface area contributed by atoms with Gasteiger partial charge >= 0.3 is 18.0 Å².